The molecule has 2 N–H and O–H groups in total. The van der Waals surface area contributed by atoms with E-state index in [1.54, 1.807) is 0 Å². The molecule has 0 spiro atoms. The minimum absolute atomic E-state index is 0. The predicted octanol–water partition coefficient (Wildman–Crippen LogP) is 1.13. The van der Waals surface area contributed by atoms with Crippen LogP contribution < -0.4 is 5.73 Å². The van der Waals surface area contributed by atoms with E-state index in [0.717, 1.165) is 19.1 Å². The predicted molar refractivity (Wildman–Crippen MR) is 92.8 cm³/mol. The van der Waals surface area contributed by atoms with Crippen molar-refractivity contribution in [1.82, 2.24) is 14.7 Å². The van der Waals surface area contributed by atoms with Crippen LogP contribution >= 0.6 is 0 Å². The lowest BCUT2D eigenvalue weighted by molar-refractivity contribution is -0.0979. The number of nitrogens with two attached hydrogens (primary N) is 1. The van der Waals surface area contributed by atoms with E-state index in [1.807, 2.05) is 20.6 Å². The number of nitrogens with zero attached hydrogens (tertiary/aromatic N) is 3. The topological polar surface area (TPSA) is 52.8 Å². The Morgan fingerprint density at radius 3 is 1.95 bits per heavy atom. The first-order valence-corrected chi connectivity index (χ1v) is 8.51. The number of carbonyl (C=O) groups is 1. The first kappa shape index (κ1) is 20.5. The first-order valence-electron chi connectivity index (χ1n) is 8.51. The minimum atomic E-state index is 0. The molecule has 128 valence electrons. The van der Waals surface area contributed by atoms with E-state index in [0.29, 0.717) is 0 Å². The zero-order chi connectivity index (χ0) is 16.1. The lowest BCUT2D eigenvalue weighted by Gasteiger charge is -2.42. The number of likely N-dealkylation sites (tertiary alicyclic amines) is 1. The molecule has 0 saturated carbocycles. The van der Waals surface area contributed by atoms with Gasteiger partial charge in [0.1, 0.15) is 6.79 Å². The van der Waals surface area contributed by atoms with Crippen LogP contribution in [-0.2, 0) is 4.79 Å². The Morgan fingerprint density at radius 2 is 1.52 bits per heavy atom. The summed E-state index contributed by atoms with van der Waals surface area (Å²) in [6.07, 6.45) is 2.68. The Balaban J connectivity index is 0. The standard InChI is InChI=1S/C13H28N4.C2H6.CH2O.H2/c1-2-15-9-11-17(12-10-15)13-3-6-16(7-4-13)8-5-14;2*1-2;/h13H,2-12,14H2,1H3;1-2H3;1H2;1H. The smallest absolute Gasteiger partial charge is 0.106 e. The average molecular weight is 303 g/mol. The van der Waals surface area contributed by atoms with Gasteiger partial charge in [-0.3, -0.25) is 4.90 Å². The second-order valence-electron chi connectivity index (χ2n) is 5.33. The molecule has 5 heteroatoms. The van der Waals surface area contributed by atoms with E-state index < -0.39 is 0 Å². The summed E-state index contributed by atoms with van der Waals surface area (Å²) >= 11 is 0. The molecule has 21 heavy (non-hydrogen) atoms. The van der Waals surface area contributed by atoms with Crippen LogP contribution in [0, 0.1) is 0 Å². The van der Waals surface area contributed by atoms with Gasteiger partial charge in [0.15, 0.2) is 0 Å². The van der Waals surface area contributed by atoms with Crippen LogP contribution in [0.1, 0.15) is 35.0 Å². The van der Waals surface area contributed by atoms with E-state index in [1.165, 1.54) is 58.7 Å². The zero-order valence-electron chi connectivity index (χ0n) is 14.4. The monoisotopic (exact) mass is 302 g/mol. The van der Waals surface area contributed by atoms with Gasteiger partial charge < -0.3 is 20.3 Å². The van der Waals surface area contributed by atoms with Gasteiger partial charge in [-0.25, -0.2) is 0 Å². The molecule has 2 fully saturated rings. The highest BCUT2D eigenvalue weighted by Gasteiger charge is 2.26. The fourth-order valence-electron chi connectivity index (χ4n) is 3.14. The fourth-order valence-corrected chi connectivity index (χ4v) is 3.14. The molecule has 0 aromatic carbocycles. The molecule has 0 aliphatic carbocycles. The normalized spacial score (nSPS) is 21.9. The van der Waals surface area contributed by atoms with Gasteiger partial charge in [0, 0.05) is 46.7 Å². The average Bonchev–Trinajstić information content (AvgIpc) is 2.60. The molecule has 2 aliphatic rings. The van der Waals surface area contributed by atoms with E-state index in [-0.39, 0.29) is 1.43 Å². The third-order valence-corrected chi connectivity index (χ3v) is 4.37. The highest BCUT2D eigenvalue weighted by Crippen LogP contribution is 2.17. The maximum absolute atomic E-state index is 8.00. The highest BCUT2D eigenvalue weighted by molar-refractivity contribution is 5.11. The Kier molecular flexibility index (Phi) is 12.9. The Labute approximate surface area is 132 Å². The minimum Gasteiger partial charge on any atom is -0.329 e. The van der Waals surface area contributed by atoms with Gasteiger partial charge in [0.2, 0.25) is 0 Å². The summed E-state index contributed by atoms with van der Waals surface area (Å²) in [6, 6.07) is 0.836. The van der Waals surface area contributed by atoms with Gasteiger partial charge in [-0.15, -0.1) is 0 Å². The van der Waals surface area contributed by atoms with Crippen LogP contribution in [-0.4, -0.2) is 86.4 Å². The van der Waals surface area contributed by atoms with Crippen LogP contribution in [0.5, 0.6) is 0 Å². The molecule has 2 heterocycles. The van der Waals surface area contributed by atoms with Gasteiger partial charge in [0.05, 0.1) is 0 Å². The lowest BCUT2D eigenvalue weighted by atomic mass is 10.0. The van der Waals surface area contributed by atoms with Crippen LogP contribution in [0.2, 0.25) is 0 Å². The molecule has 0 aromatic rings. The van der Waals surface area contributed by atoms with Crippen LogP contribution in [0.15, 0.2) is 0 Å². The van der Waals surface area contributed by atoms with Crippen molar-refractivity contribution < 1.29 is 6.22 Å². The van der Waals surface area contributed by atoms with Gasteiger partial charge in [-0.2, -0.15) is 0 Å². The van der Waals surface area contributed by atoms with E-state index in [9.17, 15) is 0 Å². The quantitative estimate of drug-likeness (QED) is 0.844. The molecular formula is C16H38N4O. The summed E-state index contributed by atoms with van der Waals surface area (Å²) < 4.78 is 0. The number of piperazine rings is 1. The van der Waals surface area contributed by atoms with Crippen LogP contribution in [0.25, 0.3) is 0 Å². The van der Waals surface area contributed by atoms with Crippen molar-refractivity contribution in [3.63, 3.8) is 0 Å². The molecule has 0 unspecified atom stereocenters. The third-order valence-electron chi connectivity index (χ3n) is 4.37. The van der Waals surface area contributed by atoms with Crippen molar-refractivity contribution in [2.75, 3.05) is 58.9 Å². The molecule has 5 nitrogen and oxygen atoms in total. The number of hydrogen-bond acceptors (Lipinski definition) is 5. The molecule has 2 aliphatic heterocycles. The zero-order valence-corrected chi connectivity index (χ0v) is 14.4. The third kappa shape index (κ3) is 7.36. The molecule has 2 saturated heterocycles. The van der Waals surface area contributed by atoms with Gasteiger partial charge in [-0.1, -0.05) is 20.8 Å². The van der Waals surface area contributed by atoms with Gasteiger partial charge in [0.25, 0.3) is 0 Å². The van der Waals surface area contributed by atoms with Crippen molar-refractivity contribution in [2.24, 2.45) is 5.73 Å². The number of carbonyl (C=O) groups excluding carboxylic acids is 1. The maximum atomic E-state index is 8.00. The van der Waals surface area contributed by atoms with Crippen molar-refractivity contribution in [2.45, 2.75) is 39.7 Å². The molecular weight excluding hydrogens is 264 g/mol. The summed E-state index contributed by atoms with van der Waals surface area (Å²) in [4.78, 5) is 15.8. The summed E-state index contributed by atoms with van der Waals surface area (Å²) in [5.74, 6) is 0. The van der Waals surface area contributed by atoms with Crippen molar-refractivity contribution in [1.29, 1.82) is 0 Å². The Bertz CT molecular complexity index is 230. The van der Waals surface area contributed by atoms with Crippen LogP contribution in [0.3, 0.4) is 0 Å². The number of rotatable bonds is 4. The van der Waals surface area contributed by atoms with Crippen molar-refractivity contribution >= 4 is 6.79 Å². The molecule has 2 rings (SSSR count). The number of piperidine rings is 1. The summed E-state index contributed by atoms with van der Waals surface area (Å²) in [5.41, 5.74) is 5.61. The molecule has 0 atom stereocenters. The lowest BCUT2D eigenvalue weighted by Crippen LogP contribution is -2.53. The molecule has 0 aromatic heterocycles. The number of likely N-dealkylation sites (N-methyl/N-ethyl adjacent to an activating group) is 1. The largest absolute Gasteiger partial charge is 0.329 e. The van der Waals surface area contributed by atoms with E-state index in [2.05, 4.69) is 21.6 Å². The highest BCUT2D eigenvalue weighted by atomic mass is 16.1. The molecule has 0 radical (unpaired) electrons. The fraction of sp³-hybridized carbons (Fsp3) is 0.938. The summed E-state index contributed by atoms with van der Waals surface area (Å²) in [5, 5.41) is 0. The second-order valence-corrected chi connectivity index (χ2v) is 5.33. The van der Waals surface area contributed by atoms with Crippen LogP contribution in [0.4, 0.5) is 0 Å². The second kappa shape index (κ2) is 13.2. The molecule has 0 bridgehead atoms. The summed E-state index contributed by atoms with van der Waals surface area (Å²) in [7, 11) is 0. The Hall–Kier alpha value is -0.490. The maximum Gasteiger partial charge on any atom is 0.106 e. The number of hydrogen-bond donors (Lipinski definition) is 1. The Morgan fingerprint density at radius 1 is 1.00 bits per heavy atom. The SMILES string of the molecule is C=O.CC.CCN1CCN(C2CCN(CCN)CC2)CC1.[HH]. The van der Waals surface area contributed by atoms with E-state index in [4.69, 9.17) is 10.5 Å². The van der Waals surface area contributed by atoms with E-state index >= 15 is 0 Å². The summed E-state index contributed by atoms with van der Waals surface area (Å²) in [6.45, 7) is 18.9. The van der Waals surface area contributed by atoms with Crippen molar-refractivity contribution in [3.05, 3.63) is 0 Å². The first-order chi connectivity index (χ1) is 10.3. The van der Waals surface area contributed by atoms with Crippen molar-refractivity contribution in [3.8, 4) is 0 Å². The molecule has 0 amide bonds. The van der Waals surface area contributed by atoms with Gasteiger partial charge >= 0.3 is 0 Å². The van der Waals surface area contributed by atoms with Gasteiger partial charge in [-0.05, 0) is 32.5 Å².